The number of sulfone groups is 1. The van der Waals surface area contributed by atoms with Crippen molar-refractivity contribution < 1.29 is 8.42 Å². The molecule has 0 saturated heterocycles. The lowest BCUT2D eigenvalue weighted by Gasteiger charge is -2.08. The summed E-state index contributed by atoms with van der Waals surface area (Å²) in [4.78, 5) is 0. The second-order valence-corrected chi connectivity index (χ2v) is 7.19. The van der Waals surface area contributed by atoms with Gasteiger partial charge in [-0.2, -0.15) is 5.10 Å². The molecule has 0 fully saturated rings. The molecule has 0 aliphatic carbocycles. The van der Waals surface area contributed by atoms with Gasteiger partial charge in [-0.15, -0.1) is 0 Å². The summed E-state index contributed by atoms with van der Waals surface area (Å²) in [5.41, 5.74) is 7.96. The van der Waals surface area contributed by atoms with Crippen LogP contribution in [0.25, 0.3) is 5.69 Å². The van der Waals surface area contributed by atoms with E-state index in [-0.39, 0.29) is 11.8 Å². The van der Waals surface area contributed by atoms with Crippen LogP contribution in [-0.4, -0.2) is 30.2 Å². The largest absolute Gasteiger partial charge is 0.324 e. The molecule has 1 unspecified atom stereocenters. The van der Waals surface area contributed by atoms with Gasteiger partial charge in [0.05, 0.1) is 11.9 Å². The number of hydrogen-bond donors (Lipinski definition) is 1. The van der Waals surface area contributed by atoms with E-state index in [1.54, 1.807) is 10.9 Å². The molecule has 1 aromatic carbocycles. The maximum Gasteiger partial charge on any atom is 0.147 e. The normalized spacial score (nSPS) is 13.3. The van der Waals surface area contributed by atoms with Crippen LogP contribution in [0, 0.1) is 0 Å². The van der Waals surface area contributed by atoms with Crippen molar-refractivity contribution >= 4 is 9.84 Å². The molecule has 1 atom stereocenters. The highest BCUT2D eigenvalue weighted by Crippen LogP contribution is 2.17. The molecule has 0 radical (unpaired) electrons. The Kier molecular flexibility index (Phi) is 4.57. The van der Waals surface area contributed by atoms with Crippen molar-refractivity contribution in [1.29, 1.82) is 0 Å². The van der Waals surface area contributed by atoms with E-state index in [9.17, 15) is 8.42 Å². The molecule has 5 nitrogen and oxygen atoms in total. The molecule has 0 aliphatic heterocycles. The number of para-hydroxylation sites is 1. The molecule has 2 rings (SSSR count). The fourth-order valence-electron chi connectivity index (χ4n) is 1.98. The third kappa shape index (κ3) is 4.18. The van der Waals surface area contributed by atoms with Crippen molar-refractivity contribution in [3.8, 4) is 5.69 Å². The van der Waals surface area contributed by atoms with E-state index in [0.29, 0.717) is 12.8 Å². The van der Waals surface area contributed by atoms with Gasteiger partial charge in [0.15, 0.2) is 0 Å². The van der Waals surface area contributed by atoms with Crippen molar-refractivity contribution in [3.05, 3.63) is 48.3 Å². The molecule has 2 aromatic rings. The Morgan fingerprint density at radius 3 is 2.65 bits per heavy atom. The fraction of sp³-hybridized carbons (Fsp3) is 0.357. The van der Waals surface area contributed by atoms with Crippen molar-refractivity contribution in [2.45, 2.75) is 18.9 Å². The number of rotatable bonds is 6. The van der Waals surface area contributed by atoms with Crippen LogP contribution in [0.4, 0.5) is 0 Å². The van der Waals surface area contributed by atoms with Gasteiger partial charge in [0.2, 0.25) is 0 Å². The summed E-state index contributed by atoms with van der Waals surface area (Å²) >= 11 is 0. The summed E-state index contributed by atoms with van der Waals surface area (Å²) in [5.74, 6) is 0.174. The molecule has 108 valence electrons. The Bertz CT molecular complexity index is 650. The number of nitrogens with zero attached hydrogens (tertiary/aromatic N) is 2. The van der Waals surface area contributed by atoms with Crippen LogP contribution in [-0.2, 0) is 9.84 Å². The summed E-state index contributed by atoms with van der Waals surface area (Å²) < 4.78 is 23.9. The first-order valence-electron chi connectivity index (χ1n) is 6.49. The maximum absolute atomic E-state index is 11.1. The smallest absolute Gasteiger partial charge is 0.147 e. The number of benzene rings is 1. The molecule has 0 aliphatic rings. The minimum absolute atomic E-state index is 0.174. The Labute approximate surface area is 119 Å². The SMILES string of the molecule is CS(=O)(=O)CCCC(N)c1cnn(-c2ccccc2)c1. The van der Waals surface area contributed by atoms with Crippen LogP contribution >= 0.6 is 0 Å². The van der Waals surface area contributed by atoms with E-state index < -0.39 is 9.84 Å². The highest BCUT2D eigenvalue weighted by Gasteiger charge is 2.11. The Hall–Kier alpha value is -1.66. The molecule has 1 heterocycles. The van der Waals surface area contributed by atoms with Gasteiger partial charge >= 0.3 is 0 Å². The predicted molar refractivity (Wildman–Crippen MR) is 79.4 cm³/mol. The van der Waals surface area contributed by atoms with E-state index in [1.165, 1.54) is 6.26 Å². The molecular weight excluding hydrogens is 274 g/mol. The second kappa shape index (κ2) is 6.19. The zero-order chi connectivity index (χ0) is 14.6. The average Bonchev–Trinajstić information content (AvgIpc) is 2.88. The van der Waals surface area contributed by atoms with Gasteiger partial charge in [-0.1, -0.05) is 18.2 Å². The lowest BCUT2D eigenvalue weighted by atomic mass is 10.1. The third-order valence-electron chi connectivity index (χ3n) is 3.08. The summed E-state index contributed by atoms with van der Waals surface area (Å²) in [6.07, 6.45) is 6.06. The van der Waals surface area contributed by atoms with Crippen LogP contribution in [0.15, 0.2) is 42.7 Å². The minimum atomic E-state index is -2.92. The molecule has 0 amide bonds. The van der Waals surface area contributed by atoms with Crippen molar-refractivity contribution in [1.82, 2.24) is 9.78 Å². The van der Waals surface area contributed by atoms with Gasteiger partial charge < -0.3 is 5.73 Å². The molecule has 6 heteroatoms. The van der Waals surface area contributed by atoms with Crippen LogP contribution < -0.4 is 5.73 Å². The van der Waals surface area contributed by atoms with Crippen LogP contribution in [0.2, 0.25) is 0 Å². The zero-order valence-corrected chi connectivity index (χ0v) is 12.3. The average molecular weight is 293 g/mol. The predicted octanol–water partition coefficient (Wildman–Crippen LogP) is 1.70. The first-order chi connectivity index (χ1) is 9.46. The van der Waals surface area contributed by atoms with Crippen molar-refractivity contribution in [3.63, 3.8) is 0 Å². The van der Waals surface area contributed by atoms with Crippen molar-refractivity contribution in [2.24, 2.45) is 5.73 Å². The quantitative estimate of drug-likeness (QED) is 0.879. The van der Waals surface area contributed by atoms with Crippen LogP contribution in [0.3, 0.4) is 0 Å². The second-order valence-electron chi connectivity index (χ2n) is 4.93. The van der Waals surface area contributed by atoms with E-state index >= 15 is 0 Å². The highest BCUT2D eigenvalue weighted by atomic mass is 32.2. The van der Waals surface area contributed by atoms with E-state index in [1.807, 2.05) is 36.5 Å². The topological polar surface area (TPSA) is 78.0 Å². The monoisotopic (exact) mass is 293 g/mol. The standard InChI is InChI=1S/C14H19N3O2S/c1-20(18,19)9-5-8-14(15)12-10-16-17(11-12)13-6-3-2-4-7-13/h2-4,6-7,10-11,14H,5,8-9,15H2,1H3. The zero-order valence-electron chi connectivity index (χ0n) is 11.4. The molecule has 0 spiro atoms. The molecular formula is C14H19N3O2S. The molecule has 20 heavy (non-hydrogen) atoms. The first-order valence-corrected chi connectivity index (χ1v) is 8.55. The Morgan fingerprint density at radius 1 is 1.30 bits per heavy atom. The molecule has 0 bridgehead atoms. The molecule has 2 N–H and O–H groups in total. The third-order valence-corrected chi connectivity index (χ3v) is 4.11. The minimum Gasteiger partial charge on any atom is -0.324 e. The summed E-state index contributed by atoms with van der Waals surface area (Å²) in [6.45, 7) is 0. The first kappa shape index (κ1) is 14.7. The van der Waals surface area contributed by atoms with Gasteiger partial charge in [-0.25, -0.2) is 13.1 Å². The lowest BCUT2D eigenvalue weighted by Crippen LogP contribution is -2.12. The van der Waals surface area contributed by atoms with Crippen LogP contribution in [0.5, 0.6) is 0 Å². The van der Waals surface area contributed by atoms with Crippen molar-refractivity contribution in [2.75, 3.05) is 12.0 Å². The Morgan fingerprint density at radius 2 is 2.00 bits per heavy atom. The fourth-order valence-corrected chi connectivity index (χ4v) is 2.67. The van der Waals surface area contributed by atoms with Gasteiger partial charge in [0.1, 0.15) is 9.84 Å². The number of nitrogens with two attached hydrogens (primary N) is 1. The maximum atomic E-state index is 11.1. The van der Waals surface area contributed by atoms with E-state index in [2.05, 4.69) is 5.10 Å². The molecule has 0 saturated carbocycles. The summed E-state index contributed by atoms with van der Waals surface area (Å²) in [7, 11) is -2.92. The van der Waals surface area contributed by atoms with Gasteiger partial charge in [0.25, 0.3) is 0 Å². The van der Waals surface area contributed by atoms with E-state index in [0.717, 1.165) is 11.3 Å². The Balaban J connectivity index is 1.98. The van der Waals surface area contributed by atoms with Crippen LogP contribution in [0.1, 0.15) is 24.4 Å². The van der Waals surface area contributed by atoms with Gasteiger partial charge in [-0.05, 0) is 25.0 Å². The van der Waals surface area contributed by atoms with E-state index in [4.69, 9.17) is 5.73 Å². The van der Waals surface area contributed by atoms with Gasteiger partial charge in [-0.3, -0.25) is 0 Å². The summed E-state index contributed by atoms with van der Waals surface area (Å²) in [6, 6.07) is 9.59. The van der Waals surface area contributed by atoms with Gasteiger partial charge in [0, 0.05) is 29.8 Å². The lowest BCUT2D eigenvalue weighted by molar-refractivity contribution is 0.588. The highest BCUT2D eigenvalue weighted by molar-refractivity contribution is 7.90. The molecule has 1 aromatic heterocycles. The summed E-state index contributed by atoms with van der Waals surface area (Å²) in [5, 5.41) is 4.28. The number of aromatic nitrogens is 2. The number of hydrogen-bond acceptors (Lipinski definition) is 4.